The number of anilines is 3. The normalized spacial score (nSPS) is 10.6. The lowest BCUT2D eigenvalue weighted by molar-refractivity contribution is -0.139. The lowest BCUT2D eigenvalue weighted by atomic mass is 10.2. The first-order chi connectivity index (χ1) is 13.6. The third kappa shape index (κ3) is 5.28. The molecule has 3 aromatic rings. The summed E-state index contributed by atoms with van der Waals surface area (Å²) in [6.45, 7) is -0.134. The van der Waals surface area contributed by atoms with E-state index in [2.05, 4.69) is 20.3 Å². The molecule has 0 amide bonds. The van der Waals surface area contributed by atoms with Gasteiger partial charge in [0, 0.05) is 17.3 Å². The van der Waals surface area contributed by atoms with Crippen molar-refractivity contribution in [3.05, 3.63) is 72.1 Å². The van der Waals surface area contributed by atoms with Crippen molar-refractivity contribution in [1.82, 2.24) is 15.0 Å². The molecule has 0 unspecified atom stereocenters. The second kappa shape index (κ2) is 9.13. The molecule has 1 heterocycles. The Morgan fingerprint density at radius 3 is 2.61 bits per heavy atom. The van der Waals surface area contributed by atoms with Crippen molar-refractivity contribution in [2.24, 2.45) is 0 Å². The number of para-hydroxylation sites is 2. The number of ether oxygens (including phenoxy) is 2. The summed E-state index contributed by atoms with van der Waals surface area (Å²) in [7, 11) is 1.57. The van der Waals surface area contributed by atoms with Crippen molar-refractivity contribution in [3.63, 3.8) is 0 Å². The van der Waals surface area contributed by atoms with E-state index in [0.717, 1.165) is 11.3 Å². The first-order valence-corrected chi connectivity index (χ1v) is 8.44. The Labute approximate surface area is 162 Å². The summed E-state index contributed by atoms with van der Waals surface area (Å²) in [5.74, 6) is 0.666. The van der Waals surface area contributed by atoms with Crippen LogP contribution in [0, 0.1) is 0 Å². The monoisotopic (exact) mass is 377 g/mol. The molecule has 0 atom stereocenters. The van der Waals surface area contributed by atoms with Crippen LogP contribution in [0.3, 0.4) is 0 Å². The number of carbonyl (C=O) groups is 1. The maximum atomic E-state index is 12.0. The molecule has 142 valence electrons. The standard InChI is InChI=1S/C20H19N5O3/c1-27-16-10-6-5-7-14(16)11-12-18(26)28-13-17-23-19(21)25-20(24-17)22-15-8-3-2-4-9-15/h2-12H,13H2,1H3,(H3,21,22,23,24,25)/b12-11+. The number of benzene rings is 2. The molecule has 3 rings (SSSR count). The molecule has 0 aliphatic rings. The zero-order chi connectivity index (χ0) is 19.8. The largest absolute Gasteiger partial charge is 0.496 e. The minimum absolute atomic E-state index is 0.0315. The van der Waals surface area contributed by atoms with Gasteiger partial charge in [-0.1, -0.05) is 36.4 Å². The summed E-state index contributed by atoms with van der Waals surface area (Å²) in [4.78, 5) is 24.2. The maximum absolute atomic E-state index is 12.0. The highest BCUT2D eigenvalue weighted by Crippen LogP contribution is 2.18. The van der Waals surface area contributed by atoms with Gasteiger partial charge in [0.05, 0.1) is 7.11 Å². The Morgan fingerprint density at radius 1 is 1.07 bits per heavy atom. The topological polar surface area (TPSA) is 112 Å². The Hall–Kier alpha value is -3.94. The summed E-state index contributed by atoms with van der Waals surface area (Å²) in [6.07, 6.45) is 2.93. The molecule has 0 saturated heterocycles. The maximum Gasteiger partial charge on any atom is 0.331 e. The summed E-state index contributed by atoms with van der Waals surface area (Å²) < 4.78 is 10.4. The van der Waals surface area contributed by atoms with Crippen LogP contribution in [-0.4, -0.2) is 28.0 Å². The molecule has 0 saturated carbocycles. The number of aromatic nitrogens is 3. The molecule has 1 aromatic heterocycles. The molecule has 0 spiro atoms. The van der Waals surface area contributed by atoms with E-state index in [1.165, 1.54) is 6.08 Å². The highest BCUT2D eigenvalue weighted by atomic mass is 16.5. The number of rotatable bonds is 7. The first kappa shape index (κ1) is 18.8. The summed E-state index contributed by atoms with van der Waals surface area (Å²) in [5, 5.41) is 3.02. The predicted octanol–water partition coefficient (Wildman–Crippen LogP) is 2.96. The number of nitrogens with one attached hydrogen (secondary N) is 1. The molecule has 0 radical (unpaired) electrons. The van der Waals surface area contributed by atoms with Crippen molar-refractivity contribution in [3.8, 4) is 5.75 Å². The minimum Gasteiger partial charge on any atom is -0.496 e. The Bertz CT molecular complexity index is 977. The van der Waals surface area contributed by atoms with Crippen LogP contribution in [0.5, 0.6) is 5.75 Å². The van der Waals surface area contributed by atoms with Gasteiger partial charge in [-0.3, -0.25) is 0 Å². The van der Waals surface area contributed by atoms with Gasteiger partial charge in [0.2, 0.25) is 11.9 Å². The molecule has 0 bridgehead atoms. The van der Waals surface area contributed by atoms with Gasteiger partial charge in [-0.2, -0.15) is 15.0 Å². The zero-order valence-electron chi connectivity index (χ0n) is 15.2. The lowest BCUT2D eigenvalue weighted by Gasteiger charge is -2.07. The van der Waals surface area contributed by atoms with Crippen LogP contribution < -0.4 is 15.8 Å². The zero-order valence-corrected chi connectivity index (χ0v) is 15.2. The van der Waals surface area contributed by atoms with Gasteiger partial charge in [0.25, 0.3) is 0 Å². The second-order valence-electron chi connectivity index (χ2n) is 5.61. The number of hydrogen-bond acceptors (Lipinski definition) is 8. The fourth-order valence-electron chi connectivity index (χ4n) is 2.35. The van der Waals surface area contributed by atoms with E-state index in [1.54, 1.807) is 19.3 Å². The first-order valence-electron chi connectivity index (χ1n) is 8.44. The van der Waals surface area contributed by atoms with Gasteiger partial charge in [-0.05, 0) is 24.3 Å². The molecular weight excluding hydrogens is 358 g/mol. The number of nitrogens with zero attached hydrogens (tertiary/aromatic N) is 3. The van der Waals surface area contributed by atoms with E-state index in [9.17, 15) is 4.79 Å². The molecule has 0 fully saturated rings. The molecule has 28 heavy (non-hydrogen) atoms. The molecule has 8 heteroatoms. The van der Waals surface area contributed by atoms with Crippen molar-refractivity contribution in [2.75, 3.05) is 18.2 Å². The van der Waals surface area contributed by atoms with E-state index < -0.39 is 5.97 Å². The van der Waals surface area contributed by atoms with Gasteiger partial charge < -0.3 is 20.5 Å². The minimum atomic E-state index is -0.539. The van der Waals surface area contributed by atoms with Gasteiger partial charge in [0.1, 0.15) is 5.75 Å². The molecular formula is C20H19N5O3. The Morgan fingerprint density at radius 2 is 1.82 bits per heavy atom. The van der Waals surface area contributed by atoms with Crippen LogP contribution in [0.4, 0.5) is 17.6 Å². The van der Waals surface area contributed by atoms with Crippen molar-refractivity contribution in [1.29, 1.82) is 0 Å². The number of nitrogens with two attached hydrogens (primary N) is 1. The molecule has 3 N–H and O–H groups in total. The van der Waals surface area contributed by atoms with Crippen LogP contribution in [0.1, 0.15) is 11.4 Å². The number of hydrogen-bond donors (Lipinski definition) is 2. The number of carbonyl (C=O) groups excluding carboxylic acids is 1. The summed E-state index contributed by atoms with van der Waals surface area (Å²) >= 11 is 0. The van der Waals surface area contributed by atoms with Crippen LogP contribution in [0.25, 0.3) is 6.08 Å². The van der Waals surface area contributed by atoms with Crippen LogP contribution in [0.15, 0.2) is 60.7 Å². The number of methoxy groups -OCH3 is 1. The van der Waals surface area contributed by atoms with Gasteiger partial charge >= 0.3 is 5.97 Å². The third-order valence-electron chi connectivity index (χ3n) is 3.61. The number of esters is 1. The van der Waals surface area contributed by atoms with Gasteiger partial charge in [-0.15, -0.1) is 0 Å². The van der Waals surface area contributed by atoms with E-state index in [4.69, 9.17) is 15.2 Å². The highest BCUT2D eigenvalue weighted by molar-refractivity contribution is 5.87. The molecule has 0 aliphatic heterocycles. The smallest absolute Gasteiger partial charge is 0.331 e. The van der Waals surface area contributed by atoms with Gasteiger partial charge in [-0.25, -0.2) is 4.79 Å². The lowest BCUT2D eigenvalue weighted by Crippen LogP contribution is -2.10. The SMILES string of the molecule is COc1ccccc1/C=C/C(=O)OCc1nc(N)nc(Nc2ccccc2)n1. The van der Waals surface area contributed by atoms with E-state index in [-0.39, 0.29) is 24.3 Å². The molecule has 8 nitrogen and oxygen atoms in total. The van der Waals surface area contributed by atoms with Crippen molar-refractivity contribution in [2.45, 2.75) is 6.61 Å². The number of nitrogen functional groups attached to an aromatic ring is 1. The van der Waals surface area contributed by atoms with E-state index in [0.29, 0.717) is 5.75 Å². The van der Waals surface area contributed by atoms with E-state index in [1.807, 2.05) is 48.5 Å². The van der Waals surface area contributed by atoms with Gasteiger partial charge in [0.15, 0.2) is 12.4 Å². The quantitative estimate of drug-likeness (QED) is 0.477. The fraction of sp³-hybridized carbons (Fsp3) is 0.100. The van der Waals surface area contributed by atoms with E-state index >= 15 is 0 Å². The molecule has 0 aliphatic carbocycles. The van der Waals surface area contributed by atoms with Crippen molar-refractivity contribution >= 4 is 29.6 Å². The summed E-state index contributed by atoms with van der Waals surface area (Å²) in [6, 6.07) is 16.7. The summed E-state index contributed by atoms with van der Waals surface area (Å²) in [5.41, 5.74) is 7.28. The molecule has 2 aromatic carbocycles. The average Bonchev–Trinajstić information content (AvgIpc) is 2.71. The predicted molar refractivity (Wildman–Crippen MR) is 106 cm³/mol. The Balaban J connectivity index is 1.62. The van der Waals surface area contributed by atoms with Crippen LogP contribution >= 0.6 is 0 Å². The third-order valence-corrected chi connectivity index (χ3v) is 3.61. The van der Waals surface area contributed by atoms with Crippen molar-refractivity contribution < 1.29 is 14.3 Å². The Kier molecular flexibility index (Phi) is 6.14. The van der Waals surface area contributed by atoms with Crippen LogP contribution in [0.2, 0.25) is 0 Å². The average molecular weight is 377 g/mol. The highest BCUT2D eigenvalue weighted by Gasteiger charge is 2.07. The fourth-order valence-corrected chi connectivity index (χ4v) is 2.35. The second-order valence-corrected chi connectivity index (χ2v) is 5.61. The van der Waals surface area contributed by atoms with Crippen LogP contribution in [-0.2, 0) is 16.1 Å².